The predicted octanol–water partition coefficient (Wildman–Crippen LogP) is 4.49. The molecule has 11 heteroatoms. The number of hydrogen-bond donors (Lipinski definition) is 1. The van der Waals surface area contributed by atoms with Gasteiger partial charge >= 0.3 is 0 Å². The van der Waals surface area contributed by atoms with Crippen LogP contribution in [0.4, 0.5) is 5.69 Å². The minimum atomic E-state index is -3.83. The average Bonchev–Trinajstić information content (AvgIpc) is 2.82. The summed E-state index contributed by atoms with van der Waals surface area (Å²) in [6.07, 6.45) is 2.07. The van der Waals surface area contributed by atoms with Crippen LogP contribution in [0.3, 0.4) is 0 Å². The van der Waals surface area contributed by atoms with Crippen molar-refractivity contribution >= 4 is 50.7 Å². The molecule has 2 atom stereocenters. The van der Waals surface area contributed by atoms with E-state index in [9.17, 15) is 18.0 Å². The third kappa shape index (κ3) is 8.01. The second-order valence-corrected chi connectivity index (χ2v) is 11.2. The van der Waals surface area contributed by atoms with E-state index in [0.717, 1.165) is 17.0 Å². The van der Waals surface area contributed by atoms with Gasteiger partial charge in [0.15, 0.2) is 0 Å². The first kappa shape index (κ1) is 29.7. The third-order valence-electron chi connectivity index (χ3n) is 5.78. The summed E-state index contributed by atoms with van der Waals surface area (Å²) in [6, 6.07) is 10.3. The van der Waals surface area contributed by atoms with Crippen LogP contribution in [0.2, 0.25) is 10.0 Å². The molecule has 0 radical (unpaired) electrons. The number of nitrogens with zero attached hydrogens (tertiary/aromatic N) is 2. The van der Waals surface area contributed by atoms with Crippen LogP contribution >= 0.6 is 23.2 Å². The first-order valence-electron chi connectivity index (χ1n) is 11.6. The van der Waals surface area contributed by atoms with Gasteiger partial charge in [0.2, 0.25) is 21.8 Å². The Labute approximate surface area is 223 Å². The summed E-state index contributed by atoms with van der Waals surface area (Å²) in [7, 11) is -2.33. The summed E-state index contributed by atoms with van der Waals surface area (Å²) in [6.45, 7) is 5.12. The molecule has 0 saturated heterocycles. The number of carbonyl (C=O) groups excluding carboxylic acids is 2. The number of ether oxygens (including phenoxy) is 1. The monoisotopic (exact) mass is 557 g/mol. The molecule has 0 aliphatic heterocycles. The number of anilines is 1. The first-order chi connectivity index (χ1) is 16.9. The van der Waals surface area contributed by atoms with E-state index < -0.39 is 28.5 Å². The number of amides is 2. The van der Waals surface area contributed by atoms with E-state index in [1.165, 1.54) is 12.0 Å². The molecule has 8 nitrogen and oxygen atoms in total. The molecule has 0 aromatic heterocycles. The van der Waals surface area contributed by atoms with Gasteiger partial charge in [0, 0.05) is 22.6 Å². The predicted molar refractivity (Wildman–Crippen MR) is 144 cm³/mol. The standard InChI is InChI=1S/C25H33Cl2N3O5S/c1-6-17(3)28-25(32)23(7-2)29(15-18-8-9-19(26)14-22(18)27)24(31)16-30(36(5,33)34)20-10-12-21(35-4)13-11-20/h8-14,17,23H,6-7,15-16H2,1-5H3,(H,28,32)/t17-,23-/m1/s1. The van der Waals surface area contributed by atoms with Gasteiger partial charge in [-0.1, -0.05) is 43.1 Å². The maximum absolute atomic E-state index is 13.7. The van der Waals surface area contributed by atoms with Gasteiger partial charge < -0.3 is 15.0 Å². The van der Waals surface area contributed by atoms with Crippen molar-refractivity contribution < 1.29 is 22.7 Å². The number of benzene rings is 2. The van der Waals surface area contributed by atoms with E-state index in [-0.39, 0.29) is 18.5 Å². The fraction of sp³-hybridized carbons (Fsp3) is 0.440. The van der Waals surface area contributed by atoms with Crippen molar-refractivity contribution in [1.82, 2.24) is 10.2 Å². The lowest BCUT2D eigenvalue weighted by molar-refractivity contribution is -0.140. The Kier molecular flexibility index (Phi) is 10.9. The van der Waals surface area contributed by atoms with E-state index in [4.69, 9.17) is 27.9 Å². The zero-order chi connectivity index (χ0) is 27.0. The molecule has 0 bridgehead atoms. The molecule has 0 heterocycles. The van der Waals surface area contributed by atoms with Crippen LogP contribution in [-0.4, -0.2) is 57.1 Å². The number of carbonyl (C=O) groups is 2. The lowest BCUT2D eigenvalue weighted by Gasteiger charge is -2.33. The SMILES string of the molecule is CC[C@@H](C)NC(=O)[C@@H](CC)N(Cc1ccc(Cl)cc1Cl)C(=O)CN(c1ccc(OC)cc1)S(C)(=O)=O. The second kappa shape index (κ2) is 13.2. The lowest BCUT2D eigenvalue weighted by atomic mass is 10.1. The van der Waals surface area contributed by atoms with Crippen LogP contribution in [0.5, 0.6) is 5.75 Å². The van der Waals surface area contributed by atoms with Gasteiger partial charge in [0.1, 0.15) is 18.3 Å². The van der Waals surface area contributed by atoms with Crippen molar-refractivity contribution in [3.05, 3.63) is 58.1 Å². The van der Waals surface area contributed by atoms with Crippen molar-refractivity contribution in [3.63, 3.8) is 0 Å². The van der Waals surface area contributed by atoms with Gasteiger partial charge in [-0.25, -0.2) is 8.42 Å². The molecule has 0 fully saturated rings. The number of hydrogen-bond acceptors (Lipinski definition) is 5. The molecule has 198 valence electrons. The topological polar surface area (TPSA) is 96.0 Å². The zero-order valence-corrected chi connectivity index (χ0v) is 23.5. The molecule has 0 spiro atoms. The minimum absolute atomic E-state index is 0.00147. The summed E-state index contributed by atoms with van der Waals surface area (Å²) < 4.78 is 31.5. The second-order valence-electron chi connectivity index (χ2n) is 8.47. The summed E-state index contributed by atoms with van der Waals surface area (Å²) in [5.41, 5.74) is 0.882. The normalized spacial score (nSPS) is 13.0. The molecule has 0 aliphatic rings. The quantitative estimate of drug-likeness (QED) is 0.414. The van der Waals surface area contributed by atoms with Crippen LogP contribution in [-0.2, 0) is 26.2 Å². The highest BCUT2D eigenvalue weighted by molar-refractivity contribution is 7.92. The summed E-state index contributed by atoms with van der Waals surface area (Å²) in [5.74, 6) is -0.320. The fourth-order valence-corrected chi connectivity index (χ4v) is 4.87. The molecular weight excluding hydrogens is 525 g/mol. The smallest absolute Gasteiger partial charge is 0.244 e. The van der Waals surface area contributed by atoms with E-state index in [2.05, 4.69) is 5.32 Å². The van der Waals surface area contributed by atoms with Crippen LogP contribution in [0.1, 0.15) is 39.2 Å². The van der Waals surface area contributed by atoms with Gasteiger partial charge in [0.05, 0.1) is 19.1 Å². The van der Waals surface area contributed by atoms with Crippen LogP contribution in [0.25, 0.3) is 0 Å². The molecule has 36 heavy (non-hydrogen) atoms. The van der Waals surface area contributed by atoms with Gasteiger partial charge in [0.25, 0.3) is 0 Å². The molecule has 1 N–H and O–H groups in total. The molecule has 2 aromatic carbocycles. The highest BCUT2D eigenvalue weighted by Gasteiger charge is 2.32. The maximum atomic E-state index is 13.7. The van der Waals surface area contributed by atoms with Crippen molar-refractivity contribution in [2.45, 2.75) is 52.2 Å². The summed E-state index contributed by atoms with van der Waals surface area (Å²) >= 11 is 12.4. The number of rotatable bonds is 12. The number of methoxy groups -OCH3 is 1. The number of sulfonamides is 1. The van der Waals surface area contributed by atoms with E-state index in [0.29, 0.717) is 33.5 Å². The van der Waals surface area contributed by atoms with Gasteiger partial charge in [-0.3, -0.25) is 13.9 Å². The maximum Gasteiger partial charge on any atom is 0.244 e. The Morgan fingerprint density at radius 3 is 2.19 bits per heavy atom. The molecule has 0 aliphatic carbocycles. The highest BCUT2D eigenvalue weighted by Crippen LogP contribution is 2.25. The van der Waals surface area contributed by atoms with E-state index >= 15 is 0 Å². The summed E-state index contributed by atoms with van der Waals surface area (Å²) in [4.78, 5) is 28.2. The molecule has 2 rings (SSSR count). The molecular formula is C25H33Cl2N3O5S. The number of halogens is 2. The Hall–Kier alpha value is -2.49. The highest BCUT2D eigenvalue weighted by atomic mass is 35.5. The average molecular weight is 559 g/mol. The van der Waals surface area contributed by atoms with Crippen molar-refractivity contribution in [1.29, 1.82) is 0 Å². The van der Waals surface area contributed by atoms with Crippen LogP contribution in [0, 0.1) is 0 Å². The van der Waals surface area contributed by atoms with Crippen molar-refractivity contribution in [2.75, 3.05) is 24.2 Å². The van der Waals surface area contributed by atoms with Crippen molar-refractivity contribution in [3.8, 4) is 5.75 Å². The van der Waals surface area contributed by atoms with E-state index in [1.807, 2.05) is 13.8 Å². The largest absolute Gasteiger partial charge is 0.497 e. The number of nitrogens with one attached hydrogen (secondary N) is 1. The Balaban J connectivity index is 2.46. The van der Waals surface area contributed by atoms with Crippen molar-refractivity contribution in [2.24, 2.45) is 0 Å². The lowest BCUT2D eigenvalue weighted by Crippen LogP contribution is -2.53. The Bertz CT molecular complexity index is 1160. The van der Waals surface area contributed by atoms with E-state index in [1.54, 1.807) is 49.4 Å². The molecule has 0 unspecified atom stereocenters. The van der Waals surface area contributed by atoms with Gasteiger partial charge in [-0.15, -0.1) is 0 Å². The zero-order valence-electron chi connectivity index (χ0n) is 21.1. The van der Waals surface area contributed by atoms with Crippen LogP contribution in [0.15, 0.2) is 42.5 Å². The third-order valence-corrected chi connectivity index (χ3v) is 7.51. The summed E-state index contributed by atoms with van der Waals surface area (Å²) in [5, 5.41) is 3.70. The minimum Gasteiger partial charge on any atom is -0.497 e. The first-order valence-corrected chi connectivity index (χ1v) is 14.2. The Morgan fingerprint density at radius 2 is 1.69 bits per heavy atom. The molecule has 0 saturated carbocycles. The van der Waals surface area contributed by atoms with Gasteiger partial charge in [-0.05, 0) is 61.7 Å². The molecule has 2 amide bonds. The van der Waals surface area contributed by atoms with Gasteiger partial charge in [-0.2, -0.15) is 0 Å². The fourth-order valence-electron chi connectivity index (χ4n) is 3.56. The van der Waals surface area contributed by atoms with Crippen LogP contribution < -0.4 is 14.4 Å². The molecule has 2 aromatic rings. The Morgan fingerprint density at radius 1 is 1.06 bits per heavy atom.